The predicted molar refractivity (Wildman–Crippen MR) is 99.4 cm³/mol. The monoisotopic (exact) mass is 362 g/mol. The summed E-state index contributed by atoms with van der Waals surface area (Å²) < 4.78 is 5.49. The van der Waals surface area contributed by atoms with E-state index in [2.05, 4.69) is 20.8 Å². The molecule has 0 radical (unpaired) electrons. The number of hydrogen-bond donors (Lipinski definition) is 0. The molecular formula is C22H34O4. The Balaban J connectivity index is 1.76. The lowest BCUT2D eigenvalue weighted by molar-refractivity contribution is -0.163. The quantitative estimate of drug-likeness (QED) is 0.551. The van der Waals surface area contributed by atoms with E-state index in [1.54, 1.807) is 0 Å². The van der Waals surface area contributed by atoms with Gasteiger partial charge in [0.15, 0.2) is 0 Å². The van der Waals surface area contributed by atoms with E-state index in [1.165, 1.54) is 6.92 Å². The summed E-state index contributed by atoms with van der Waals surface area (Å²) in [5.74, 6) is 1.49. The normalized spacial score (nSPS) is 43.8. The molecule has 3 rings (SSSR count). The van der Waals surface area contributed by atoms with E-state index in [0.717, 1.165) is 51.2 Å². The van der Waals surface area contributed by atoms with E-state index in [-0.39, 0.29) is 34.7 Å². The van der Waals surface area contributed by atoms with E-state index in [4.69, 9.17) is 4.74 Å². The summed E-state index contributed by atoms with van der Waals surface area (Å²) in [7, 11) is 0. The summed E-state index contributed by atoms with van der Waals surface area (Å²) in [5, 5.41) is 0. The first kappa shape index (κ1) is 19.6. The lowest BCUT2D eigenvalue weighted by Gasteiger charge is -2.58. The zero-order chi connectivity index (χ0) is 19.1. The molecule has 0 aromatic carbocycles. The number of rotatable bonds is 4. The number of carbonyl (C=O) groups excluding carboxylic acids is 3. The number of carbonyl (C=O) groups is 3. The van der Waals surface area contributed by atoms with Gasteiger partial charge in [-0.25, -0.2) is 0 Å². The molecule has 3 fully saturated rings. The van der Waals surface area contributed by atoms with Crippen molar-refractivity contribution in [2.45, 2.75) is 85.2 Å². The Hall–Kier alpha value is -1.19. The highest BCUT2D eigenvalue weighted by molar-refractivity contribution is 5.88. The van der Waals surface area contributed by atoms with Crippen molar-refractivity contribution in [3.63, 3.8) is 0 Å². The maximum Gasteiger partial charge on any atom is 0.302 e. The first-order chi connectivity index (χ1) is 12.2. The van der Waals surface area contributed by atoms with Crippen LogP contribution < -0.4 is 0 Å². The van der Waals surface area contributed by atoms with E-state index < -0.39 is 0 Å². The number of aldehydes is 1. The van der Waals surface area contributed by atoms with Crippen LogP contribution in [0.3, 0.4) is 0 Å². The predicted octanol–water partition coefficient (Wildman–Crippen LogP) is 4.35. The van der Waals surface area contributed by atoms with Crippen molar-refractivity contribution in [3.8, 4) is 0 Å². The van der Waals surface area contributed by atoms with Crippen molar-refractivity contribution in [3.05, 3.63) is 0 Å². The fraction of sp³-hybridized carbons (Fsp3) is 0.864. The smallest absolute Gasteiger partial charge is 0.302 e. The fourth-order valence-electron chi connectivity index (χ4n) is 6.44. The number of ketones is 1. The number of Topliss-reactive ketones (excluding diaryl/α,β-unsaturated/α-hetero) is 1. The van der Waals surface area contributed by atoms with Crippen LogP contribution in [0.2, 0.25) is 0 Å². The molecule has 7 atom stereocenters. The molecule has 0 saturated heterocycles. The lowest BCUT2D eigenvalue weighted by atomic mass is 9.46. The third kappa shape index (κ3) is 3.14. The molecule has 0 aromatic heterocycles. The second kappa shape index (κ2) is 7.09. The summed E-state index contributed by atoms with van der Waals surface area (Å²) >= 11 is 0. The minimum absolute atomic E-state index is 0.0549. The van der Waals surface area contributed by atoms with Crippen LogP contribution >= 0.6 is 0 Å². The topological polar surface area (TPSA) is 60.4 Å². The van der Waals surface area contributed by atoms with Crippen molar-refractivity contribution in [1.82, 2.24) is 0 Å². The largest absolute Gasteiger partial charge is 0.463 e. The third-order valence-electron chi connectivity index (χ3n) is 8.39. The zero-order valence-corrected chi connectivity index (χ0v) is 16.8. The van der Waals surface area contributed by atoms with Gasteiger partial charge in [-0.3, -0.25) is 9.59 Å². The van der Waals surface area contributed by atoms with Gasteiger partial charge in [0, 0.05) is 24.7 Å². The van der Waals surface area contributed by atoms with Crippen molar-refractivity contribution < 1.29 is 19.1 Å². The minimum Gasteiger partial charge on any atom is -0.463 e. The van der Waals surface area contributed by atoms with Gasteiger partial charge in [0.25, 0.3) is 0 Å². The molecule has 4 nitrogen and oxygen atoms in total. The van der Waals surface area contributed by atoms with Crippen molar-refractivity contribution >= 4 is 18.0 Å². The molecule has 0 bridgehead atoms. The number of ether oxygens (including phenoxy) is 1. The average Bonchev–Trinajstić information content (AvgIpc) is 2.58. The molecule has 3 saturated carbocycles. The fourth-order valence-corrected chi connectivity index (χ4v) is 6.44. The van der Waals surface area contributed by atoms with Crippen molar-refractivity contribution in [1.29, 1.82) is 0 Å². The molecule has 3 aliphatic carbocycles. The van der Waals surface area contributed by atoms with E-state index >= 15 is 0 Å². The number of esters is 1. The SMILES string of the molecule is CC(=O)O[C@H]1CC[C@@]2(C)[C@H](CC[C@H]3C(=O)[C@@](C)(C(C)CC=O)CC[C@@H]32)C1. The molecular weight excluding hydrogens is 328 g/mol. The molecule has 0 N–H and O–H groups in total. The van der Waals surface area contributed by atoms with Gasteiger partial charge >= 0.3 is 5.97 Å². The van der Waals surface area contributed by atoms with Gasteiger partial charge < -0.3 is 9.53 Å². The first-order valence-electron chi connectivity index (χ1n) is 10.4. The van der Waals surface area contributed by atoms with Gasteiger partial charge in [-0.05, 0) is 68.1 Å². The van der Waals surface area contributed by atoms with E-state index in [0.29, 0.717) is 24.0 Å². The van der Waals surface area contributed by atoms with Gasteiger partial charge in [-0.2, -0.15) is 0 Å². The van der Waals surface area contributed by atoms with Crippen molar-refractivity contribution in [2.75, 3.05) is 0 Å². The summed E-state index contributed by atoms with van der Waals surface area (Å²) in [4.78, 5) is 35.7. The molecule has 0 heterocycles. The molecule has 0 spiro atoms. The van der Waals surface area contributed by atoms with Crippen LogP contribution in [0.4, 0.5) is 0 Å². The Morgan fingerprint density at radius 3 is 2.62 bits per heavy atom. The van der Waals surface area contributed by atoms with Gasteiger partial charge in [-0.1, -0.05) is 20.8 Å². The van der Waals surface area contributed by atoms with Crippen LogP contribution in [0, 0.1) is 34.5 Å². The average molecular weight is 363 g/mol. The number of hydrogen-bond acceptors (Lipinski definition) is 4. The van der Waals surface area contributed by atoms with Crippen LogP contribution in [0.1, 0.15) is 79.1 Å². The second-order valence-electron chi connectivity index (χ2n) is 9.62. The van der Waals surface area contributed by atoms with Crippen LogP contribution in [-0.2, 0) is 19.1 Å². The Labute approximate surface area is 157 Å². The Kier molecular flexibility index (Phi) is 5.33. The summed E-state index contributed by atoms with van der Waals surface area (Å²) in [6, 6.07) is 0. The van der Waals surface area contributed by atoms with Crippen LogP contribution in [0.25, 0.3) is 0 Å². The van der Waals surface area contributed by atoms with E-state index in [1.807, 2.05) is 0 Å². The van der Waals surface area contributed by atoms with Gasteiger partial charge in [0.1, 0.15) is 18.2 Å². The molecule has 1 unspecified atom stereocenters. The molecule has 146 valence electrons. The van der Waals surface area contributed by atoms with Crippen molar-refractivity contribution in [2.24, 2.45) is 34.5 Å². The second-order valence-corrected chi connectivity index (χ2v) is 9.62. The van der Waals surface area contributed by atoms with Crippen LogP contribution in [0.15, 0.2) is 0 Å². The Morgan fingerprint density at radius 1 is 1.23 bits per heavy atom. The zero-order valence-electron chi connectivity index (χ0n) is 16.8. The summed E-state index contributed by atoms with van der Waals surface area (Å²) in [6.07, 6.45) is 8.41. The summed E-state index contributed by atoms with van der Waals surface area (Å²) in [6.45, 7) is 8.02. The molecule has 26 heavy (non-hydrogen) atoms. The van der Waals surface area contributed by atoms with Gasteiger partial charge in [0.05, 0.1) is 0 Å². The Bertz CT molecular complexity index is 585. The van der Waals surface area contributed by atoms with E-state index in [9.17, 15) is 14.4 Å². The summed E-state index contributed by atoms with van der Waals surface area (Å²) in [5.41, 5.74) is -0.162. The standard InChI is InChI=1S/C22H34O4/c1-14(9-12-23)21(3)11-8-19-18(20(21)25)6-5-16-13-17(26-15(2)24)7-10-22(16,19)4/h12,14,16-19H,5-11,13H2,1-4H3/t14?,16-,17+,18-,19+,21-,22+/m1/s1. The van der Waals surface area contributed by atoms with Crippen LogP contribution in [0.5, 0.6) is 0 Å². The third-order valence-corrected chi connectivity index (χ3v) is 8.39. The highest BCUT2D eigenvalue weighted by Gasteiger charge is 2.57. The van der Waals surface area contributed by atoms with Gasteiger partial charge in [0.2, 0.25) is 0 Å². The molecule has 0 aromatic rings. The maximum atomic E-state index is 13.4. The first-order valence-corrected chi connectivity index (χ1v) is 10.4. The molecule has 3 aliphatic rings. The lowest BCUT2D eigenvalue weighted by Crippen LogP contribution is -2.56. The van der Waals surface area contributed by atoms with Crippen LogP contribution in [-0.4, -0.2) is 24.1 Å². The highest BCUT2D eigenvalue weighted by Crippen LogP contribution is 2.61. The minimum atomic E-state index is -0.347. The number of fused-ring (bicyclic) bond motifs is 3. The van der Waals surface area contributed by atoms with Gasteiger partial charge in [-0.15, -0.1) is 0 Å². The molecule has 0 aliphatic heterocycles. The molecule has 0 amide bonds. The molecule has 4 heteroatoms. The maximum absolute atomic E-state index is 13.4. The Morgan fingerprint density at radius 2 is 1.96 bits per heavy atom. The highest BCUT2D eigenvalue weighted by atomic mass is 16.5.